The Morgan fingerprint density at radius 1 is 1.47 bits per heavy atom. The molecule has 0 aliphatic rings. The Morgan fingerprint density at radius 2 is 2.24 bits per heavy atom. The Labute approximate surface area is 109 Å². The summed E-state index contributed by atoms with van der Waals surface area (Å²) in [4.78, 5) is 2.71. The molecule has 0 amide bonds. The van der Waals surface area contributed by atoms with E-state index in [9.17, 15) is 0 Å². The van der Waals surface area contributed by atoms with E-state index in [0.29, 0.717) is 5.92 Å². The Hall–Kier alpha value is -0.640. The van der Waals surface area contributed by atoms with Gasteiger partial charge in [-0.05, 0) is 31.1 Å². The molecule has 0 unspecified atom stereocenters. The molecule has 2 nitrogen and oxygen atoms in total. The lowest BCUT2D eigenvalue weighted by atomic mass is 10.0. The summed E-state index contributed by atoms with van der Waals surface area (Å²) in [6, 6.07) is 4.37. The molecule has 0 saturated heterocycles. The minimum atomic E-state index is 0.576. The largest absolute Gasteiger partial charge is 0.383 e. The van der Waals surface area contributed by atoms with Crippen molar-refractivity contribution in [2.45, 2.75) is 20.8 Å². The molecule has 17 heavy (non-hydrogen) atoms. The number of hydrogen-bond donors (Lipinski definition) is 1. The molecule has 0 aromatic carbocycles. The van der Waals surface area contributed by atoms with Crippen molar-refractivity contribution < 1.29 is 4.74 Å². The first kappa shape index (κ1) is 14.4. The summed E-state index contributed by atoms with van der Waals surface area (Å²) in [6.45, 7) is 9.24. The number of nitrogens with one attached hydrogen (secondary N) is 1. The zero-order valence-electron chi connectivity index (χ0n) is 11.2. The first-order chi connectivity index (χ1) is 8.13. The van der Waals surface area contributed by atoms with E-state index in [2.05, 4.69) is 44.3 Å². The molecule has 1 N–H and O–H groups in total. The second-order valence-corrected chi connectivity index (χ2v) is 5.81. The summed E-state index contributed by atoms with van der Waals surface area (Å²) in [7, 11) is 1.73. The highest BCUT2D eigenvalue weighted by Crippen LogP contribution is 2.20. The van der Waals surface area contributed by atoms with Crippen molar-refractivity contribution in [2.24, 2.45) is 5.92 Å². The Kier molecular flexibility index (Phi) is 6.48. The smallest absolute Gasteiger partial charge is 0.0587 e. The molecule has 0 saturated carbocycles. The Bertz CT molecular complexity index is 355. The van der Waals surface area contributed by atoms with Crippen LogP contribution in [0.1, 0.15) is 23.6 Å². The van der Waals surface area contributed by atoms with E-state index < -0.39 is 0 Å². The van der Waals surface area contributed by atoms with Crippen molar-refractivity contribution in [3.05, 3.63) is 27.5 Å². The first-order valence-electron chi connectivity index (χ1n) is 6.10. The summed E-state index contributed by atoms with van der Waals surface area (Å²) in [5, 5.41) is 3.41. The molecule has 3 heteroatoms. The zero-order valence-corrected chi connectivity index (χ0v) is 12.1. The molecule has 0 aliphatic heterocycles. The maximum Gasteiger partial charge on any atom is 0.0587 e. The summed E-state index contributed by atoms with van der Waals surface area (Å²) in [6.07, 6.45) is 2.31. The van der Waals surface area contributed by atoms with Crippen molar-refractivity contribution in [1.29, 1.82) is 0 Å². The maximum absolute atomic E-state index is 5.03. The molecule has 0 aliphatic carbocycles. The number of methoxy groups -OCH3 is 1. The molecule has 0 bridgehead atoms. The molecule has 0 fully saturated rings. The molecule has 0 radical (unpaired) electrons. The van der Waals surface area contributed by atoms with Crippen LogP contribution in [0.15, 0.2) is 17.7 Å². The van der Waals surface area contributed by atoms with Crippen LogP contribution in [-0.2, 0) is 4.74 Å². The normalized spacial score (nSPS) is 12.4. The highest BCUT2D eigenvalue weighted by atomic mass is 32.1. The van der Waals surface area contributed by atoms with Crippen molar-refractivity contribution in [3.8, 4) is 0 Å². The van der Waals surface area contributed by atoms with E-state index in [0.717, 1.165) is 19.7 Å². The molecular weight excluding hydrogens is 230 g/mol. The molecular formula is C14H23NOS. The van der Waals surface area contributed by atoms with Crippen LogP contribution in [0.4, 0.5) is 0 Å². The van der Waals surface area contributed by atoms with Crippen molar-refractivity contribution in [1.82, 2.24) is 5.32 Å². The molecule has 0 atom stereocenters. The van der Waals surface area contributed by atoms with E-state index in [1.54, 1.807) is 7.11 Å². The van der Waals surface area contributed by atoms with Gasteiger partial charge in [0.25, 0.3) is 0 Å². The number of rotatable bonds is 7. The van der Waals surface area contributed by atoms with Gasteiger partial charge in [-0.3, -0.25) is 0 Å². The number of aryl methyl sites for hydroxylation is 1. The molecule has 1 aromatic heterocycles. The van der Waals surface area contributed by atoms with Gasteiger partial charge >= 0.3 is 0 Å². The summed E-state index contributed by atoms with van der Waals surface area (Å²) in [5.41, 5.74) is 1.45. The van der Waals surface area contributed by atoms with Gasteiger partial charge in [-0.1, -0.05) is 19.4 Å². The van der Waals surface area contributed by atoms with Crippen LogP contribution in [0.5, 0.6) is 0 Å². The zero-order chi connectivity index (χ0) is 12.7. The fraction of sp³-hybridized carbons (Fsp3) is 0.571. The average Bonchev–Trinajstić information content (AvgIpc) is 2.68. The van der Waals surface area contributed by atoms with Crippen LogP contribution >= 0.6 is 11.3 Å². The van der Waals surface area contributed by atoms with Gasteiger partial charge in [-0.25, -0.2) is 0 Å². The average molecular weight is 253 g/mol. The predicted molar refractivity (Wildman–Crippen MR) is 76.6 cm³/mol. The maximum atomic E-state index is 5.03. The fourth-order valence-corrected chi connectivity index (χ4v) is 2.40. The van der Waals surface area contributed by atoms with Gasteiger partial charge in [0, 0.05) is 30.0 Å². The third-order valence-corrected chi connectivity index (χ3v) is 3.59. The Morgan fingerprint density at radius 3 is 2.76 bits per heavy atom. The Balaban J connectivity index is 2.56. The van der Waals surface area contributed by atoms with Crippen molar-refractivity contribution >= 4 is 17.4 Å². The number of ether oxygens (including phenoxy) is 1. The van der Waals surface area contributed by atoms with Gasteiger partial charge < -0.3 is 10.1 Å². The van der Waals surface area contributed by atoms with Gasteiger partial charge in [0.05, 0.1) is 6.61 Å². The lowest BCUT2D eigenvalue weighted by molar-refractivity contribution is 0.200. The minimum absolute atomic E-state index is 0.576. The van der Waals surface area contributed by atoms with Crippen LogP contribution < -0.4 is 5.32 Å². The molecule has 0 spiro atoms. The monoisotopic (exact) mass is 253 g/mol. The van der Waals surface area contributed by atoms with E-state index in [4.69, 9.17) is 4.74 Å². The number of thiophene rings is 1. The lowest BCUT2D eigenvalue weighted by Gasteiger charge is -2.12. The van der Waals surface area contributed by atoms with E-state index >= 15 is 0 Å². The SMILES string of the molecule is COCCNCC(=Cc1ccc(C)s1)C(C)C. The highest BCUT2D eigenvalue weighted by molar-refractivity contribution is 7.12. The van der Waals surface area contributed by atoms with Gasteiger partial charge in [0.1, 0.15) is 0 Å². The van der Waals surface area contributed by atoms with Crippen LogP contribution in [-0.4, -0.2) is 26.8 Å². The molecule has 1 heterocycles. The van der Waals surface area contributed by atoms with E-state index in [-0.39, 0.29) is 0 Å². The summed E-state index contributed by atoms with van der Waals surface area (Å²) >= 11 is 1.85. The standard InChI is InChI=1S/C14H23NOS/c1-11(2)13(10-15-7-8-16-4)9-14-6-5-12(3)17-14/h5-6,9,11,15H,7-8,10H2,1-4H3. The lowest BCUT2D eigenvalue weighted by Crippen LogP contribution is -2.23. The van der Waals surface area contributed by atoms with Crippen LogP contribution in [0.2, 0.25) is 0 Å². The topological polar surface area (TPSA) is 21.3 Å². The third kappa shape index (κ3) is 5.48. The quantitative estimate of drug-likeness (QED) is 0.753. The van der Waals surface area contributed by atoms with Gasteiger partial charge in [0.2, 0.25) is 0 Å². The van der Waals surface area contributed by atoms with Gasteiger partial charge in [0.15, 0.2) is 0 Å². The van der Waals surface area contributed by atoms with Crippen LogP contribution in [0.25, 0.3) is 6.08 Å². The summed E-state index contributed by atoms with van der Waals surface area (Å²) < 4.78 is 5.03. The van der Waals surface area contributed by atoms with Crippen molar-refractivity contribution in [3.63, 3.8) is 0 Å². The predicted octanol–water partition coefficient (Wildman–Crippen LogP) is 3.33. The molecule has 96 valence electrons. The second-order valence-electron chi connectivity index (χ2n) is 4.49. The second kappa shape index (κ2) is 7.64. The molecule has 1 rings (SSSR count). The van der Waals surface area contributed by atoms with E-state index in [1.165, 1.54) is 15.3 Å². The fourth-order valence-electron chi connectivity index (χ4n) is 1.54. The van der Waals surface area contributed by atoms with E-state index in [1.807, 2.05) is 11.3 Å². The molecule has 1 aromatic rings. The third-order valence-electron chi connectivity index (χ3n) is 2.64. The first-order valence-corrected chi connectivity index (χ1v) is 6.91. The highest BCUT2D eigenvalue weighted by Gasteiger charge is 2.04. The van der Waals surface area contributed by atoms with Gasteiger partial charge in [-0.15, -0.1) is 11.3 Å². The number of hydrogen-bond acceptors (Lipinski definition) is 3. The van der Waals surface area contributed by atoms with Crippen LogP contribution in [0.3, 0.4) is 0 Å². The van der Waals surface area contributed by atoms with Crippen molar-refractivity contribution in [2.75, 3.05) is 26.8 Å². The minimum Gasteiger partial charge on any atom is -0.383 e. The van der Waals surface area contributed by atoms with Gasteiger partial charge in [-0.2, -0.15) is 0 Å². The summed E-state index contributed by atoms with van der Waals surface area (Å²) in [5.74, 6) is 0.576. The van der Waals surface area contributed by atoms with Crippen LogP contribution in [0, 0.1) is 12.8 Å².